The lowest BCUT2D eigenvalue weighted by Crippen LogP contribution is -2.50. The van der Waals surface area contributed by atoms with Crippen LogP contribution in [0.1, 0.15) is 54.9 Å². The molecular weight excluding hydrogens is 1060 g/mol. The van der Waals surface area contributed by atoms with E-state index in [4.69, 9.17) is 0 Å². The zero-order chi connectivity index (χ0) is 59.5. The summed E-state index contributed by atoms with van der Waals surface area (Å²) in [5, 5.41) is 63.7. The van der Waals surface area contributed by atoms with Crippen LogP contribution in [0.25, 0.3) is 17.1 Å². The van der Waals surface area contributed by atoms with E-state index in [1.54, 1.807) is 42.1 Å². The molecule has 0 atom stereocenters. The molecule has 2 aliphatic heterocycles. The zero-order valence-electron chi connectivity index (χ0n) is 47.1. The van der Waals surface area contributed by atoms with Gasteiger partial charge in [0.1, 0.15) is 11.5 Å². The molecule has 6 amide bonds. The first-order valence-electron chi connectivity index (χ1n) is 26.8. The Bertz CT molecular complexity index is 2660. The lowest BCUT2D eigenvalue weighted by Gasteiger charge is -2.35. The average Bonchev–Trinajstić information content (AvgIpc) is 3.84. The van der Waals surface area contributed by atoms with Gasteiger partial charge < -0.3 is 55.8 Å². The molecule has 2 aromatic carbocycles. The van der Waals surface area contributed by atoms with E-state index in [1.165, 1.54) is 32.1 Å². The molecule has 0 bridgehead atoms. The van der Waals surface area contributed by atoms with E-state index < -0.39 is 54.0 Å². The number of carbonyl (C=O) groups excluding carboxylic acids is 6. The molecule has 28 heteroatoms. The number of rotatable bonds is 24. The molecule has 28 nitrogen and oxygen atoms in total. The third kappa shape index (κ3) is 19.8. The quantitative estimate of drug-likeness (QED) is 0.0521. The number of carboxylic acid groups (broad SMARTS) is 3. The first kappa shape index (κ1) is 64.0. The summed E-state index contributed by atoms with van der Waals surface area (Å²) in [4.78, 5) is 128. The number of carbonyl (C=O) groups is 9. The summed E-state index contributed by atoms with van der Waals surface area (Å²) in [6.07, 6.45) is 0.0392. The van der Waals surface area contributed by atoms with Crippen molar-refractivity contribution in [2.24, 2.45) is 0 Å². The first-order chi connectivity index (χ1) is 38.4. The Morgan fingerprint density at radius 3 is 1.53 bits per heavy atom. The van der Waals surface area contributed by atoms with Crippen LogP contribution in [0.5, 0.6) is 11.5 Å². The Morgan fingerprint density at radius 2 is 1.05 bits per heavy atom. The monoisotopic (exact) mass is 1130 g/mol. The van der Waals surface area contributed by atoms with Crippen LogP contribution in [0, 0.1) is 0 Å². The van der Waals surface area contributed by atoms with Crippen molar-refractivity contribution in [3.8, 4) is 28.6 Å². The van der Waals surface area contributed by atoms with Crippen LogP contribution in [0.3, 0.4) is 0 Å². The van der Waals surface area contributed by atoms with E-state index in [0.29, 0.717) is 56.1 Å². The molecular formula is C53H78N14O14. The number of amides is 6. The maximum atomic E-state index is 13.5. The zero-order valence-corrected chi connectivity index (χ0v) is 47.1. The molecule has 1 aromatic heterocycles. The maximum Gasteiger partial charge on any atom is 0.317 e. The van der Waals surface area contributed by atoms with Crippen molar-refractivity contribution in [2.75, 3.05) is 159 Å². The van der Waals surface area contributed by atoms with Crippen LogP contribution in [-0.2, 0) is 44.9 Å². The summed E-state index contributed by atoms with van der Waals surface area (Å²) in [7, 11) is 4.21. The van der Waals surface area contributed by atoms with Gasteiger partial charge in [0.15, 0.2) is 5.82 Å². The van der Waals surface area contributed by atoms with Gasteiger partial charge >= 0.3 is 17.9 Å². The number of piperazine rings is 1. The van der Waals surface area contributed by atoms with Gasteiger partial charge in [-0.3, -0.25) is 72.2 Å². The minimum Gasteiger partial charge on any atom is -0.508 e. The van der Waals surface area contributed by atoms with Crippen LogP contribution in [0.4, 0.5) is 0 Å². The summed E-state index contributed by atoms with van der Waals surface area (Å²) in [6, 6.07) is 10.4. The predicted octanol–water partition coefficient (Wildman–Crippen LogP) is -1.78. The first-order valence-corrected chi connectivity index (χ1v) is 26.8. The van der Waals surface area contributed by atoms with E-state index in [1.807, 2.05) is 38.1 Å². The second-order valence-electron chi connectivity index (χ2n) is 20.6. The maximum absolute atomic E-state index is 13.5. The van der Waals surface area contributed by atoms with Crippen molar-refractivity contribution < 1.29 is 68.7 Å². The molecule has 2 aliphatic rings. The molecule has 3 aromatic rings. The van der Waals surface area contributed by atoms with E-state index >= 15 is 0 Å². The Morgan fingerprint density at radius 1 is 0.580 bits per heavy atom. The van der Waals surface area contributed by atoms with Gasteiger partial charge in [-0.1, -0.05) is 26.0 Å². The van der Waals surface area contributed by atoms with Crippen molar-refractivity contribution in [1.29, 1.82) is 0 Å². The van der Waals surface area contributed by atoms with Gasteiger partial charge in [0.25, 0.3) is 5.91 Å². The van der Waals surface area contributed by atoms with Gasteiger partial charge in [0, 0.05) is 137 Å². The fourth-order valence-electron chi connectivity index (χ4n) is 9.24. The predicted molar refractivity (Wildman–Crippen MR) is 293 cm³/mol. The third-order valence-electron chi connectivity index (χ3n) is 14.0. The van der Waals surface area contributed by atoms with Crippen LogP contribution >= 0.6 is 0 Å². The second-order valence-corrected chi connectivity index (χ2v) is 20.6. The summed E-state index contributed by atoms with van der Waals surface area (Å²) < 4.78 is 1.57. The number of carboxylic acids is 3. The lowest BCUT2D eigenvalue weighted by atomic mass is 9.98. The number of aromatic nitrogens is 3. The summed E-state index contributed by atoms with van der Waals surface area (Å²) in [5.74, 6) is -6.01. The number of phenols is 2. The van der Waals surface area contributed by atoms with E-state index in [-0.39, 0.29) is 140 Å². The highest BCUT2D eigenvalue weighted by molar-refractivity contribution is 5.92. The Labute approximate surface area is 470 Å². The van der Waals surface area contributed by atoms with Crippen LogP contribution in [0.2, 0.25) is 0 Å². The molecule has 3 heterocycles. The number of nitrogens with zero attached hydrogens (tertiary/aromatic N) is 12. The van der Waals surface area contributed by atoms with Crippen LogP contribution in [-0.4, -0.2) is 296 Å². The van der Waals surface area contributed by atoms with Crippen molar-refractivity contribution in [3.63, 3.8) is 0 Å². The highest BCUT2D eigenvalue weighted by atomic mass is 16.4. The average molecular weight is 1140 g/mol. The molecule has 7 N–H and O–H groups in total. The molecule has 81 heavy (non-hydrogen) atoms. The Balaban J connectivity index is 1.04. The molecule has 5 rings (SSSR count). The Hall–Kier alpha value is -7.79. The summed E-state index contributed by atoms with van der Waals surface area (Å²) >= 11 is 0. The van der Waals surface area contributed by atoms with E-state index in [9.17, 15) is 68.7 Å². The van der Waals surface area contributed by atoms with Gasteiger partial charge in [-0.2, -0.15) is 0 Å². The topological polar surface area (TPSA) is 339 Å². The van der Waals surface area contributed by atoms with Gasteiger partial charge in [-0.25, -0.2) is 0 Å². The van der Waals surface area contributed by atoms with E-state index in [0.717, 1.165) is 15.4 Å². The number of hydrogen-bond donors (Lipinski definition) is 7. The minimum absolute atomic E-state index is 0.0231. The molecule has 0 saturated carbocycles. The summed E-state index contributed by atoms with van der Waals surface area (Å²) in [5.41, 5.74) is 2.45. The SMILES string of the molecule is CCNC(=O)c1nnc(-c2cc(C(C)C)c(O)cc2O)n1-c1ccc(CN2CCN(C(=O)CCNC(=O)CN(C)C(=O)CN(C)C(=O)CN(C)C(=O)CN3CCN(CC(=O)O)CCN(CC(=O)O)CCN(CC(=O)O)CC3)CC2)cc1. The molecule has 0 radical (unpaired) electrons. The van der Waals surface area contributed by atoms with Crippen LogP contribution in [0.15, 0.2) is 36.4 Å². The molecule has 2 fully saturated rings. The fourth-order valence-corrected chi connectivity index (χ4v) is 9.24. The Kier molecular flexibility index (Phi) is 24.3. The van der Waals surface area contributed by atoms with Crippen molar-refractivity contribution in [2.45, 2.75) is 39.7 Å². The summed E-state index contributed by atoms with van der Waals surface area (Å²) in [6.45, 7) is 8.14. The highest BCUT2D eigenvalue weighted by Crippen LogP contribution is 2.38. The number of aliphatic carboxylic acids is 3. The number of hydrogen-bond acceptors (Lipinski definition) is 18. The van der Waals surface area contributed by atoms with Crippen LogP contribution < -0.4 is 10.6 Å². The highest BCUT2D eigenvalue weighted by Gasteiger charge is 2.28. The standard InChI is InChI=1S/C53H78N14O14/c1-7-54-53(81)52-57-56-51(40-26-39(36(2)3)41(68)27-42(40)69)67(52)38-10-8-37(9-11-38)28-61-22-24-66(25-23-61)44(71)12-13-55-43(70)29-58(4)45(72)30-59(5)46(73)31-60(6)47(74)32-62-14-16-63(33-48(75)76)18-20-65(35-50(79)80)21-19-64(17-15-62)34-49(77)78/h8-11,26-27,36,68-69H,7,12-25,28-35H2,1-6H3,(H,54,81)(H,55,70)(H,75,76)(H,77,78)(H,79,80). The normalized spacial score (nSPS) is 15.5. The largest absolute Gasteiger partial charge is 0.508 e. The number of aromatic hydroxyl groups is 2. The number of nitrogens with one attached hydrogen (secondary N) is 2. The molecule has 444 valence electrons. The number of benzene rings is 2. The van der Waals surface area contributed by atoms with Gasteiger partial charge in [0.05, 0.1) is 51.4 Å². The molecule has 0 aliphatic carbocycles. The van der Waals surface area contributed by atoms with Gasteiger partial charge in [-0.15, -0.1) is 10.2 Å². The molecule has 2 saturated heterocycles. The third-order valence-corrected chi connectivity index (χ3v) is 14.0. The van der Waals surface area contributed by atoms with E-state index in [2.05, 4.69) is 25.7 Å². The van der Waals surface area contributed by atoms with Crippen molar-refractivity contribution in [3.05, 3.63) is 53.3 Å². The number of likely N-dealkylation sites (N-methyl/N-ethyl adjacent to an activating group) is 3. The van der Waals surface area contributed by atoms with Gasteiger partial charge in [0.2, 0.25) is 35.4 Å². The van der Waals surface area contributed by atoms with Crippen molar-refractivity contribution in [1.82, 2.24) is 69.5 Å². The minimum atomic E-state index is -1.08. The smallest absolute Gasteiger partial charge is 0.317 e. The molecule has 0 unspecified atom stereocenters. The second kappa shape index (κ2) is 30.7. The number of phenolic OH excluding ortho intramolecular Hbond substituents is 2. The van der Waals surface area contributed by atoms with Gasteiger partial charge in [-0.05, 0) is 42.2 Å². The van der Waals surface area contributed by atoms with Crippen molar-refractivity contribution >= 4 is 53.4 Å². The fraction of sp³-hybridized carbons (Fsp3) is 0.566. The molecule has 0 spiro atoms. The lowest BCUT2D eigenvalue weighted by molar-refractivity contribution is -0.143.